The van der Waals surface area contributed by atoms with Crippen LogP contribution in [0.4, 0.5) is 10.5 Å². The van der Waals surface area contributed by atoms with Crippen molar-refractivity contribution < 1.29 is 14.3 Å². The van der Waals surface area contributed by atoms with E-state index >= 15 is 0 Å². The Labute approximate surface area is 155 Å². The number of fused-ring (bicyclic) bond motifs is 2. The number of nitriles is 1. The van der Waals surface area contributed by atoms with Gasteiger partial charge in [0.2, 0.25) is 5.91 Å². The van der Waals surface area contributed by atoms with Crippen molar-refractivity contribution in [2.24, 2.45) is 0 Å². The Hall–Kier alpha value is -2.66. The van der Waals surface area contributed by atoms with E-state index in [9.17, 15) is 14.9 Å². The van der Waals surface area contributed by atoms with Crippen molar-refractivity contribution in [1.82, 2.24) is 10.2 Å². The molecular weight excluding hydrogens is 352 g/mol. The van der Waals surface area contributed by atoms with Crippen molar-refractivity contribution >= 4 is 29.4 Å². The summed E-state index contributed by atoms with van der Waals surface area (Å²) < 4.78 is 5.45. The summed E-state index contributed by atoms with van der Waals surface area (Å²) in [5, 5.41) is 17.4. The zero-order valence-corrected chi connectivity index (χ0v) is 15.0. The Morgan fingerprint density at radius 3 is 3.04 bits per heavy atom. The van der Waals surface area contributed by atoms with E-state index in [2.05, 4.69) is 16.7 Å². The molecule has 2 amide bonds. The van der Waals surface area contributed by atoms with E-state index in [4.69, 9.17) is 4.74 Å². The summed E-state index contributed by atoms with van der Waals surface area (Å²) in [4.78, 5) is 26.3. The van der Waals surface area contributed by atoms with Gasteiger partial charge >= 0.3 is 6.09 Å². The maximum absolute atomic E-state index is 12.7. The van der Waals surface area contributed by atoms with Crippen LogP contribution in [-0.2, 0) is 14.9 Å². The maximum atomic E-state index is 12.7. The molecule has 0 bridgehead atoms. The van der Waals surface area contributed by atoms with Crippen LogP contribution in [0.5, 0.6) is 0 Å². The Morgan fingerprint density at radius 1 is 1.50 bits per heavy atom. The SMILES string of the molecule is CC1(COC(=O)N2C[C@]3(C[C@H]2C#N)C(=O)Nc2ccccc23)NC=CS1. The second kappa shape index (κ2) is 5.95. The van der Waals surface area contributed by atoms with Gasteiger partial charge in [-0.05, 0) is 24.0 Å². The molecule has 1 aromatic rings. The molecule has 3 atom stereocenters. The minimum Gasteiger partial charge on any atom is -0.446 e. The van der Waals surface area contributed by atoms with Crippen LogP contribution in [0.3, 0.4) is 0 Å². The number of rotatable bonds is 2. The van der Waals surface area contributed by atoms with Crippen LogP contribution in [0.15, 0.2) is 35.9 Å². The average molecular weight is 370 g/mol. The molecule has 3 heterocycles. The Balaban J connectivity index is 1.54. The lowest BCUT2D eigenvalue weighted by Gasteiger charge is -2.26. The van der Waals surface area contributed by atoms with Crippen molar-refractivity contribution in [2.75, 3.05) is 18.5 Å². The summed E-state index contributed by atoms with van der Waals surface area (Å²) in [7, 11) is 0. The van der Waals surface area contributed by atoms with Gasteiger partial charge in [0, 0.05) is 24.9 Å². The van der Waals surface area contributed by atoms with E-state index in [1.165, 1.54) is 16.7 Å². The summed E-state index contributed by atoms with van der Waals surface area (Å²) >= 11 is 1.53. The van der Waals surface area contributed by atoms with Gasteiger partial charge in [-0.1, -0.05) is 18.2 Å². The highest BCUT2D eigenvalue weighted by Crippen LogP contribution is 2.46. The van der Waals surface area contributed by atoms with Crippen LogP contribution >= 0.6 is 11.8 Å². The average Bonchev–Trinajstić information content (AvgIpc) is 3.32. The molecule has 1 aromatic carbocycles. The van der Waals surface area contributed by atoms with Crippen molar-refractivity contribution in [3.8, 4) is 6.07 Å². The first kappa shape index (κ1) is 16.8. The first-order valence-electron chi connectivity index (χ1n) is 8.32. The summed E-state index contributed by atoms with van der Waals surface area (Å²) in [6.07, 6.45) is 1.51. The van der Waals surface area contributed by atoms with Gasteiger partial charge < -0.3 is 15.4 Å². The molecule has 0 aliphatic carbocycles. The summed E-state index contributed by atoms with van der Waals surface area (Å²) in [6.45, 7) is 2.23. The zero-order chi connectivity index (χ0) is 18.4. The molecule has 26 heavy (non-hydrogen) atoms. The zero-order valence-electron chi connectivity index (χ0n) is 14.2. The summed E-state index contributed by atoms with van der Waals surface area (Å²) in [6, 6.07) is 8.87. The van der Waals surface area contributed by atoms with Gasteiger partial charge in [-0.3, -0.25) is 9.69 Å². The van der Waals surface area contributed by atoms with Crippen LogP contribution in [0, 0.1) is 11.3 Å². The molecule has 0 radical (unpaired) electrons. The highest BCUT2D eigenvalue weighted by Gasteiger charge is 2.56. The summed E-state index contributed by atoms with van der Waals surface area (Å²) in [5.74, 6) is -0.168. The van der Waals surface area contributed by atoms with E-state index in [0.29, 0.717) is 0 Å². The lowest BCUT2D eigenvalue weighted by atomic mass is 9.80. The van der Waals surface area contributed by atoms with Gasteiger partial charge in [0.25, 0.3) is 0 Å². The number of nitrogens with zero attached hydrogens (tertiary/aromatic N) is 2. The molecule has 1 spiro atoms. The number of ether oxygens (including phenoxy) is 1. The number of carbonyl (C=O) groups is 2. The number of anilines is 1. The Kier molecular flexibility index (Phi) is 3.84. The summed E-state index contributed by atoms with van der Waals surface area (Å²) in [5.41, 5.74) is 0.696. The van der Waals surface area contributed by atoms with Crippen LogP contribution in [0.1, 0.15) is 18.9 Å². The molecule has 0 aromatic heterocycles. The molecular formula is C18H18N4O3S. The van der Waals surface area contributed by atoms with Crippen molar-refractivity contribution in [1.29, 1.82) is 5.26 Å². The molecule has 1 unspecified atom stereocenters. The van der Waals surface area contributed by atoms with Gasteiger partial charge in [0.15, 0.2) is 0 Å². The third-order valence-electron chi connectivity index (χ3n) is 5.12. The number of carbonyl (C=O) groups excluding carboxylic acids is 2. The highest BCUT2D eigenvalue weighted by molar-refractivity contribution is 8.03. The number of amides is 2. The number of para-hydroxylation sites is 1. The van der Waals surface area contributed by atoms with E-state index in [-0.39, 0.29) is 25.5 Å². The lowest BCUT2D eigenvalue weighted by molar-refractivity contribution is -0.120. The first-order valence-corrected chi connectivity index (χ1v) is 9.20. The van der Waals surface area contributed by atoms with E-state index < -0.39 is 22.4 Å². The highest BCUT2D eigenvalue weighted by atomic mass is 32.2. The van der Waals surface area contributed by atoms with E-state index in [1.807, 2.05) is 36.6 Å². The fourth-order valence-corrected chi connectivity index (χ4v) is 4.43. The van der Waals surface area contributed by atoms with Gasteiger partial charge in [-0.2, -0.15) is 5.26 Å². The normalized spacial score (nSPS) is 31.5. The van der Waals surface area contributed by atoms with Gasteiger partial charge in [0.05, 0.1) is 11.5 Å². The minimum absolute atomic E-state index is 0.141. The molecule has 8 heteroatoms. The first-order chi connectivity index (χ1) is 12.5. The molecule has 2 N–H and O–H groups in total. The topological polar surface area (TPSA) is 94.5 Å². The van der Waals surface area contributed by atoms with Crippen molar-refractivity contribution in [3.63, 3.8) is 0 Å². The standard InChI is InChI=1S/C18H18N4O3S/c1-17(20-6-7-26-17)11-25-16(24)22-10-18(8-12(22)9-19)13-4-2-3-5-14(13)21-15(18)23/h2-7,12,20H,8,10-11H2,1H3,(H,21,23)/t12-,17?,18-/m0/s1. The van der Waals surface area contributed by atoms with Crippen LogP contribution in [0.2, 0.25) is 0 Å². The molecule has 1 saturated heterocycles. The van der Waals surface area contributed by atoms with Gasteiger partial charge in [-0.15, -0.1) is 11.8 Å². The van der Waals surface area contributed by atoms with Crippen molar-refractivity contribution in [3.05, 3.63) is 41.4 Å². The second-order valence-corrected chi connectivity index (χ2v) is 8.32. The van der Waals surface area contributed by atoms with E-state index in [1.54, 1.807) is 6.20 Å². The molecule has 1 fully saturated rings. The number of nitrogens with one attached hydrogen (secondary N) is 2. The fraction of sp³-hybridized carbons (Fsp3) is 0.389. The number of thioether (sulfide) groups is 1. The smallest absolute Gasteiger partial charge is 0.411 e. The van der Waals surface area contributed by atoms with Gasteiger partial charge in [0.1, 0.15) is 17.5 Å². The van der Waals surface area contributed by atoms with Crippen LogP contribution in [-0.4, -0.2) is 41.0 Å². The van der Waals surface area contributed by atoms with Crippen LogP contribution < -0.4 is 10.6 Å². The predicted molar refractivity (Wildman–Crippen MR) is 97.1 cm³/mol. The number of likely N-dealkylation sites (tertiary alicyclic amines) is 1. The third kappa shape index (κ3) is 2.51. The monoisotopic (exact) mass is 370 g/mol. The molecule has 3 aliphatic rings. The maximum Gasteiger partial charge on any atom is 0.411 e. The Bertz CT molecular complexity index is 841. The quantitative estimate of drug-likeness (QED) is 0.828. The lowest BCUT2D eigenvalue weighted by Crippen LogP contribution is -2.43. The second-order valence-electron chi connectivity index (χ2n) is 6.91. The fourth-order valence-electron chi connectivity index (χ4n) is 3.73. The number of hydrogen-bond acceptors (Lipinski definition) is 6. The predicted octanol–water partition coefficient (Wildman–Crippen LogP) is 2.13. The molecule has 7 nitrogen and oxygen atoms in total. The number of hydrogen-bond donors (Lipinski definition) is 2. The van der Waals surface area contributed by atoms with Gasteiger partial charge in [-0.25, -0.2) is 4.79 Å². The van der Waals surface area contributed by atoms with E-state index in [0.717, 1.165) is 11.3 Å². The van der Waals surface area contributed by atoms with Crippen molar-refractivity contribution in [2.45, 2.75) is 29.7 Å². The molecule has 4 rings (SSSR count). The number of benzene rings is 1. The molecule has 0 saturated carbocycles. The molecule has 3 aliphatic heterocycles. The minimum atomic E-state index is -0.887. The molecule has 134 valence electrons. The van der Waals surface area contributed by atoms with Crippen LogP contribution in [0.25, 0.3) is 0 Å². The largest absolute Gasteiger partial charge is 0.446 e. The third-order valence-corrected chi connectivity index (χ3v) is 6.15. The Morgan fingerprint density at radius 2 is 2.31 bits per heavy atom.